The maximum absolute atomic E-state index is 11.1. The van der Waals surface area contributed by atoms with Gasteiger partial charge in [0.2, 0.25) is 0 Å². The van der Waals surface area contributed by atoms with Crippen LogP contribution in [0.4, 0.5) is 0 Å². The van der Waals surface area contributed by atoms with Gasteiger partial charge in [-0.05, 0) is 26.0 Å². The van der Waals surface area contributed by atoms with Crippen molar-refractivity contribution >= 4 is 0 Å². The lowest BCUT2D eigenvalue weighted by Crippen LogP contribution is -2.37. The second-order valence-electron chi connectivity index (χ2n) is 4.37. The summed E-state index contributed by atoms with van der Waals surface area (Å²) in [5, 5.41) is 11.1. The zero-order valence-corrected chi connectivity index (χ0v) is 8.41. The minimum Gasteiger partial charge on any atom is -0.487 e. The van der Waals surface area contributed by atoms with E-state index in [1.54, 1.807) is 6.07 Å². The first kappa shape index (κ1) is 9.34. The minimum absolute atomic E-state index is 0.0330. The van der Waals surface area contributed by atoms with E-state index in [9.17, 15) is 5.11 Å². The highest BCUT2D eigenvalue weighted by Gasteiger charge is 2.31. The first-order valence-corrected chi connectivity index (χ1v) is 4.73. The summed E-state index contributed by atoms with van der Waals surface area (Å²) in [5.74, 6) is 0.606. The van der Waals surface area contributed by atoms with Gasteiger partial charge in [-0.1, -0.05) is 0 Å². The highest BCUT2D eigenvalue weighted by molar-refractivity contribution is 5.43. The van der Waals surface area contributed by atoms with Crippen LogP contribution in [-0.2, 0) is 5.11 Å². The van der Waals surface area contributed by atoms with Crippen molar-refractivity contribution in [1.29, 1.82) is 0 Å². The highest BCUT2D eigenvalue weighted by atomic mass is 16.5. The predicted octanol–water partition coefficient (Wildman–Crippen LogP) is 2.39. The molecule has 3 heteroatoms. The zero-order valence-electron chi connectivity index (χ0n) is 8.41. The fourth-order valence-corrected chi connectivity index (χ4v) is 1.89. The quantitative estimate of drug-likeness (QED) is 0.686. The number of rotatable bonds is 0. The molecule has 14 heavy (non-hydrogen) atoms. The van der Waals surface area contributed by atoms with Gasteiger partial charge in [-0.2, -0.15) is 0 Å². The molecule has 0 fully saturated rings. The van der Waals surface area contributed by atoms with Crippen LogP contribution in [0, 0.1) is 0 Å². The second kappa shape index (κ2) is 2.89. The molecule has 1 aliphatic heterocycles. The summed E-state index contributed by atoms with van der Waals surface area (Å²) >= 11 is 0. The van der Waals surface area contributed by atoms with Crippen LogP contribution in [0.3, 0.4) is 0 Å². The number of hydrogen-bond donors (Lipinski definition) is 1. The third-order valence-corrected chi connectivity index (χ3v) is 2.48. The summed E-state index contributed by atoms with van der Waals surface area (Å²) < 4.78 is 5.69. The largest absolute Gasteiger partial charge is 0.487 e. The molecular weight excluding hydrogens is 178 g/mol. The fraction of sp³-hybridized carbons (Fsp3) is 0.455. The Morgan fingerprint density at radius 1 is 1.50 bits per heavy atom. The highest BCUT2D eigenvalue weighted by Crippen LogP contribution is 2.39. The standard InChI is InChI=1S/C11H14NO2/c1-11(2)6-9(12)8-4-3-7(13)5-10(8)14-11/h3-5,9H,6,12H2,1-2H3. The van der Waals surface area contributed by atoms with Crippen LogP contribution in [0.5, 0.6) is 11.5 Å². The summed E-state index contributed by atoms with van der Waals surface area (Å²) in [6, 6.07) is 4.77. The van der Waals surface area contributed by atoms with E-state index in [-0.39, 0.29) is 17.4 Å². The Balaban J connectivity index is 2.46. The molecule has 0 amide bonds. The number of nitrogens with two attached hydrogens (primary N) is 1. The molecule has 1 unspecified atom stereocenters. The zero-order chi connectivity index (χ0) is 10.3. The fourth-order valence-electron chi connectivity index (χ4n) is 1.89. The minimum atomic E-state index is -0.278. The van der Waals surface area contributed by atoms with Crippen LogP contribution in [0.1, 0.15) is 31.9 Å². The molecule has 1 aromatic carbocycles. The molecule has 1 aliphatic rings. The van der Waals surface area contributed by atoms with Crippen LogP contribution in [0.25, 0.3) is 0 Å². The van der Waals surface area contributed by atoms with Gasteiger partial charge in [-0.15, -0.1) is 0 Å². The molecule has 1 heterocycles. The van der Waals surface area contributed by atoms with Crippen molar-refractivity contribution in [2.75, 3.05) is 0 Å². The molecule has 0 aromatic heterocycles. The van der Waals surface area contributed by atoms with Crippen molar-refractivity contribution < 1.29 is 9.84 Å². The van der Waals surface area contributed by atoms with Crippen LogP contribution < -0.4 is 10.5 Å². The van der Waals surface area contributed by atoms with Gasteiger partial charge in [0.25, 0.3) is 0 Å². The van der Waals surface area contributed by atoms with Gasteiger partial charge < -0.3 is 10.5 Å². The molecule has 2 N–H and O–H groups in total. The molecule has 1 atom stereocenters. The Morgan fingerprint density at radius 3 is 2.93 bits per heavy atom. The molecule has 1 aromatic rings. The van der Waals surface area contributed by atoms with Crippen molar-refractivity contribution in [3.63, 3.8) is 0 Å². The lowest BCUT2D eigenvalue weighted by atomic mass is 9.90. The van der Waals surface area contributed by atoms with Gasteiger partial charge in [0.1, 0.15) is 11.4 Å². The number of fused-ring (bicyclic) bond motifs is 1. The predicted molar refractivity (Wildman–Crippen MR) is 52.8 cm³/mol. The summed E-state index contributed by atoms with van der Waals surface area (Å²) in [4.78, 5) is 0. The Bertz CT molecular complexity index is 360. The van der Waals surface area contributed by atoms with E-state index in [1.165, 1.54) is 12.1 Å². The van der Waals surface area contributed by atoms with E-state index >= 15 is 0 Å². The topological polar surface area (TPSA) is 55.2 Å². The van der Waals surface area contributed by atoms with E-state index in [2.05, 4.69) is 0 Å². The average Bonchev–Trinajstić information content (AvgIpc) is 2.00. The second-order valence-corrected chi connectivity index (χ2v) is 4.37. The first-order chi connectivity index (χ1) is 6.48. The Hall–Kier alpha value is -1.22. The summed E-state index contributed by atoms with van der Waals surface area (Å²) in [7, 11) is 0. The Morgan fingerprint density at radius 2 is 2.21 bits per heavy atom. The van der Waals surface area contributed by atoms with Gasteiger partial charge in [-0.25, -0.2) is 0 Å². The molecule has 0 saturated carbocycles. The van der Waals surface area contributed by atoms with Gasteiger partial charge in [-0.3, -0.25) is 5.11 Å². The normalized spacial score (nSPS) is 23.8. The number of hydrogen-bond acceptors (Lipinski definition) is 2. The van der Waals surface area contributed by atoms with Crippen LogP contribution in [-0.4, -0.2) is 5.60 Å². The Kier molecular flexibility index (Phi) is 1.93. The van der Waals surface area contributed by atoms with Gasteiger partial charge >= 0.3 is 0 Å². The molecule has 0 aliphatic carbocycles. The molecule has 75 valence electrons. The van der Waals surface area contributed by atoms with Crippen molar-refractivity contribution in [3.8, 4) is 11.5 Å². The lowest BCUT2D eigenvalue weighted by Gasteiger charge is -2.35. The third-order valence-electron chi connectivity index (χ3n) is 2.48. The first-order valence-electron chi connectivity index (χ1n) is 4.73. The third kappa shape index (κ3) is 1.55. The van der Waals surface area contributed by atoms with Crippen LogP contribution >= 0.6 is 0 Å². The van der Waals surface area contributed by atoms with E-state index in [1.807, 2.05) is 13.8 Å². The summed E-state index contributed by atoms with van der Waals surface area (Å²) in [5.41, 5.74) is 6.65. The average molecular weight is 192 g/mol. The van der Waals surface area contributed by atoms with Gasteiger partial charge in [0.15, 0.2) is 5.75 Å². The maximum Gasteiger partial charge on any atom is 0.182 e. The van der Waals surface area contributed by atoms with Crippen molar-refractivity contribution in [3.05, 3.63) is 23.8 Å². The van der Waals surface area contributed by atoms with E-state index in [0.717, 1.165) is 12.0 Å². The van der Waals surface area contributed by atoms with Gasteiger partial charge in [0, 0.05) is 24.1 Å². The van der Waals surface area contributed by atoms with Crippen LogP contribution in [0.2, 0.25) is 0 Å². The van der Waals surface area contributed by atoms with Crippen molar-refractivity contribution in [2.24, 2.45) is 5.73 Å². The molecule has 2 rings (SSSR count). The van der Waals surface area contributed by atoms with E-state index < -0.39 is 0 Å². The number of ether oxygens (including phenoxy) is 1. The molecule has 0 bridgehead atoms. The SMILES string of the molecule is CC1(C)CC(N)c2ccc([O])cc2O1. The molecule has 0 saturated heterocycles. The van der Waals surface area contributed by atoms with Crippen LogP contribution in [0.15, 0.2) is 18.2 Å². The monoisotopic (exact) mass is 192 g/mol. The van der Waals surface area contributed by atoms with E-state index in [0.29, 0.717) is 5.75 Å². The van der Waals surface area contributed by atoms with Gasteiger partial charge in [0.05, 0.1) is 0 Å². The van der Waals surface area contributed by atoms with Crippen molar-refractivity contribution in [2.45, 2.75) is 31.9 Å². The van der Waals surface area contributed by atoms with Crippen molar-refractivity contribution in [1.82, 2.24) is 0 Å². The molecular formula is C11H14NO2. The van der Waals surface area contributed by atoms with E-state index in [4.69, 9.17) is 10.5 Å². The summed E-state index contributed by atoms with van der Waals surface area (Å²) in [6.07, 6.45) is 0.776. The molecule has 1 radical (unpaired) electrons. The number of benzene rings is 1. The Labute approximate surface area is 83.5 Å². The molecule has 3 nitrogen and oxygen atoms in total. The maximum atomic E-state index is 11.1. The smallest absolute Gasteiger partial charge is 0.182 e. The molecule has 0 spiro atoms. The lowest BCUT2D eigenvalue weighted by molar-refractivity contribution is 0.0724. The summed E-state index contributed by atoms with van der Waals surface area (Å²) in [6.45, 7) is 3.96.